The van der Waals surface area contributed by atoms with Gasteiger partial charge in [-0.05, 0) is 18.9 Å². The maximum atomic E-state index is 11.8. The lowest BCUT2D eigenvalue weighted by atomic mass is 10.1. The van der Waals surface area contributed by atoms with Gasteiger partial charge in [-0.1, -0.05) is 30.3 Å². The van der Waals surface area contributed by atoms with Crippen LogP contribution in [0.5, 0.6) is 0 Å². The van der Waals surface area contributed by atoms with E-state index in [1.807, 2.05) is 30.3 Å². The molecule has 0 saturated heterocycles. The van der Waals surface area contributed by atoms with Gasteiger partial charge >= 0.3 is 0 Å². The number of hydrazine groups is 1. The van der Waals surface area contributed by atoms with Gasteiger partial charge in [-0.15, -0.1) is 0 Å². The predicted molar refractivity (Wildman–Crippen MR) is 72.4 cm³/mol. The van der Waals surface area contributed by atoms with Gasteiger partial charge < -0.3 is 0 Å². The summed E-state index contributed by atoms with van der Waals surface area (Å²) in [5.41, 5.74) is 6.69. The molecule has 3 rings (SSSR count). The zero-order valence-corrected chi connectivity index (χ0v) is 10.7. The van der Waals surface area contributed by atoms with Crippen LogP contribution in [0.15, 0.2) is 36.4 Å². The minimum atomic E-state index is -0.409. The number of H-pyrrole nitrogens is 1. The Morgan fingerprint density at radius 3 is 2.60 bits per heavy atom. The molecule has 0 bridgehead atoms. The minimum absolute atomic E-state index is 0.0527. The highest BCUT2D eigenvalue weighted by atomic mass is 16.2. The van der Waals surface area contributed by atoms with E-state index in [2.05, 4.69) is 21.0 Å². The Bertz CT molecular complexity index is 632. The van der Waals surface area contributed by atoms with Gasteiger partial charge in [0, 0.05) is 11.5 Å². The van der Waals surface area contributed by atoms with Crippen molar-refractivity contribution in [2.75, 3.05) is 0 Å². The molecule has 6 nitrogen and oxygen atoms in total. The Balaban J connectivity index is 1.64. The van der Waals surface area contributed by atoms with Gasteiger partial charge in [0.05, 0.1) is 5.69 Å². The lowest BCUT2D eigenvalue weighted by molar-refractivity contribution is -0.123. The summed E-state index contributed by atoms with van der Waals surface area (Å²) in [5.74, 6) is -0.494. The number of nitrogens with zero attached hydrogens (tertiary/aromatic N) is 1. The van der Waals surface area contributed by atoms with Crippen molar-refractivity contribution in [1.29, 1.82) is 0 Å². The van der Waals surface area contributed by atoms with Crippen molar-refractivity contribution < 1.29 is 9.59 Å². The molecule has 0 spiro atoms. The van der Waals surface area contributed by atoms with Gasteiger partial charge in [0.25, 0.3) is 5.91 Å². The standard InChI is InChI=1S/C14H14N4O2/c19-13(10-6-7-10)17-18-14(20)12-8-11(15-16-12)9-4-2-1-3-5-9/h1-5,8,10H,6-7H2,(H,15,16)(H,17,19)(H,18,20). The largest absolute Gasteiger partial charge is 0.287 e. The first-order valence-corrected chi connectivity index (χ1v) is 6.45. The quantitative estimate of drug-likeness (QED) is 0.733. The number of aromatic nitrogens is 2. The van der Waals surface area contributed by atoms with Crippen LogP contribution in [0, 0.1) is 5.92 Å². The maximum absolute atomic E-state index is 11.8. The second kappa shape index (κ2) is 5.16. The van der Waals surface area contributed by atoms with Crippen LogP contribution in [0.1, 0.15) is 23.3 Å². The van der Waals surface area contributed by atoms with E-state index in [1.165, 1.54) is 0 Å². The molecule has 6 heteroatoms. The summed E-state index contributed by atoms with van der Waals surface area (Å²) < 4.78 is 0. The second-order valence-corrected chi connectivity index (χ2v) is 4.75. The van der Waals surface area contributed by atoms with Crippen molar-refractivity contribution in [3.8, 4) is 11.3 Å². The summed E-state index contributed by atoms with van der Waals surface area (Å²) in [6.45, 7) is 0. The Hall–Kier alpha value is -2.63. The number of aromatic amines is 1. The van der Waals surface area contributed by atoms with Gasteiger partial charge in [-0.2, -0.15) is 5.10 Å². The molecule has 1 aliphatic rings. The molecular weight excluding hydrogens is 256 g/mol. The van der Waals surface area contributed by atoms with E-state index >= 15 is 0 Å². The number of rotatable bonds is 3. The van der Waals surface area contributed by atoms with Gasteiger partial charge in [0.15, 0.2) is 0 Å². The number of carbonyl (C=O) groups excluding carboxylic acids is 2. The van der Waals surface area contributed by atoms with Crippen LogP contribution in [0.3, 0.4) is 0 Å². The number of hydrogen-bond acceptors (Lipinski definition) is 3. The molecule has 0 radical (unpaired) electrons. The first-order valence-electron chi connectivity index (χ1n) is 6.45. The molecule has 1 aromatic heterocycles. The van der Waals surface area contributed by atoms with Gasteiger partial charge in [-0.25, -0.2) is 0 Å². The first-order chi connectivity index (χ1) is 9.74. The van der Waals surface area contributed by atoms with Crippen molar-refractivity contribution in [3.05, 3.63) is 42.1 Å². The van der Waals surface area contributed by atoms with Crippen LogP contribution >= 0.6 is 0 Å². The first kappa shape index (κ1) is 12.4. The molecule has 1 aliphatic carbocycles. The van der Waals surface area contributed by atoms with E-state index in [4.69, 9.17) is 0 Å². The van der Waals surface area contributed by atoms with Crippen molar-refractivity contribution in [3.63, 3.8) is 0 Å². The second-order valence-electron chi connectivity index (χ2n) is 4.75. The van der Waals surface area contributed by atoms with Crippen molar-refractivity contribution in [2.24, 2.45) is 5.92 Å². The third kappa shape index (κ3) is 2.69. The number of nitrogens with one attached hydrogen (secondary N) is 3. The van der Waals surface area contributed by atoms with Crippen molar-refractivity contribution >= 4 is 11.8 Å². The average Bonchev–Trinajstić information content (AvgIpc) is 3.22. The van der Waals surface area contributed by atoms with Crippen molar-refractivity contribution in [2.45, 2.75) is 12.8 Å². The highest BCUT2D eigenvalue weighted by molar-refractivity contribution is 5.95. The molecular formula is C14H14N4O2. The van der Waals surface area contributed by atoms with E-state index in [9.17, 15) is 9.59 Å². The Morgan fingerprint density at radius 1 is 1.15 bits per heavy atom. The minimum Gasteiger partial charge on any atom is -0.273 e. The molecule has 20 heavy (non-hydrogen) atoms. The lowest BCUT2D eigenvalue weighted by Gasteiger charge is -2.04. The van der Waals surface area contributed by atoms with E-state index in [0.29, 0.717) is 11.4 Å². The van der Waals surface area contributed by atoms with E-state index in [0.717, 1.165) is 18.4 Å². The van der Waals surface area contributed by atoms with Crippen LogP contribution in [-0.4, -0.2) is 22.0 Å². The number of carbonyl (C=O) groups is 2. The van der Waals surface area contributed by atoms with E-state index in [1.54, 1.807) is 6.07 Å². The number of amides is 2. The summed E-state index contributed by atoms with van der Waals surface area (Å²) in [6, 6.07) is 11.2. The number of benzene rings is 1. The van der Waals surface area contributed by atoms with Crippen LogP contribution in [0.4, 0.5) is 0 Å². The summed E-state index contributed by atoms with van der Waals surface area (Å²) >= 11 is 0. The molecule has 1 aromatic carbocycles. The summed E-state index contributed by atoms with van der Waals surface area (Å²) in [5, 5.41) is 6.74. The molecule has 102 valence electrons. The van der Waals surface area contributed by atoms with E-state index < -0.39 is 5.91 Å². The third-order valence-corrected chi connectivity index (χ3v) is 3.14. The predicted octanol–water partition coefficient (Wildman–Crippen LogP) is 1.25. The van der Waals surface area contributed by atoms with Gasteiger partial charge in [0.1, 0.15) is 5.69 Å². The fourth-order valence-electron chi connectivity index (χ4n) is 1.83. The fourth-order valence-corrected chi connectivity index (χ4v) is 1.83. The third-order valence-electron chi connectivity index (χ3n) is 3.14. The Kier molecular flexibility index (Phi) is 3.20. The van der Waals surface area contributed by atoms with Crippen LogP contribution in [-0.2, 0) is 4.79 Å². The summed E-state index contributed by atoms with van der Waals surface area (Å²) in [4.78, 5) is 23.3. The number of hydrogen-bond donors (Lipinski definition) is 3. The molecule has 0 aliphatic heterocycles. The Labute approximate surface area is 115 Å². The topological polar surface area (TPSA) is 86.9 Å². The zero-order valence-electron chi connectivity index (χ0n) is 10.7. The normalized spacial score (nSPS) is 13.8. The SMILES string of the molecule is O=C(NNC(=O)C1CC1)c1cc(-c2ccccc2)n[nH]1. The molecule has 0 atom stereocenters. The smallest absolute Gasteiger partial charge is 0.273 e. The van der Waals surface area contributed by atoms with Gasteiger partial charge in [0.2, 0.25) is 5.91 Å². The van der Waals surface area contributed by atoms with E-state index in [-0.39, 0.29) is 11.8 Å². The Morgan fingerprint density at radius 2 is 1.90 bits per heavy atom. The molecule has 2 aromatic rings. The molecule has 1 saturated carbocycles. The molecule has 1 heterocycles. The lowest BCUT2D eigenvalue weighted by Crippen LogP contribution is -2.42. The summed E-state index contributed by atoms with van der Waals surface area (Å²) in [7, 11) is 0. The van der Waals surface area contributed by atoms with Crippen LogP contribution < -0.4 is 10.9 Å². The molecule has 3 N–H and O–H groups in total. The van der Waals surface area contributed by atoms with Crippen LogP contribution in [0.2, 0.25) is 0 Å². The fraction of sp³-hybridized carbons (Fsp3) is 0.214. The highest BCUT2D eigenvalue weighted by Gasteiger charge is 2.29. The average molecular weight is 270 g/mol. The molecule has 2 amide bonds. The monoisotopic (exact) mass is 270 g/mol. The molecule has 1 fully saturated rings. The molecule has 0 unspecified atom stereocenters. The zero-order chi connectivity index (χ0) is 13.9. The highest BCUT2D eigenvalue weighted by Crippen LogP contribution is 2.28. The van der Waals surface area contributed by atoms with Gasteiger partial charge in [-0.3, -0.25) is 25.5 Å². The maximum Gasteiger partial charge on any atom is 0.287 e. The summed E-state index contributed by atoms with van der Waals surface area (Å²) in [6.07, 6.45) is 1.79. The van der Waals surface area contributed by atoms with Crippen LogP contribution in [0.25, 0.3) is 11.3 Å². The van der Waals surface area contributed by atoms with Crippen molar-refractivity contribution in [1.82, 2.24) is 21.0 Å².